The molecule has 0 aromatic rings. The van der Waals surface area contributed by atoms with E-state index < -0.39 is 5.97 Å². The number of hydrogen-bond donors (Lipinski definition) is 4. The zero-order valence-corrected chi connectivity index (χ0v) is 12.7. The highest BCUT2D eigenvalue weighted by Gasteiger charge is 2.50. The Kier molecular flexibility index (Phi) is 5.93. The summed E-state index contributed by atoms with van der Waals surface area (Å²) in [7, 11) is 0. The molecule has 5 N–H and O–H groups in total. The van der Waals surface area contributed by atoms with E-state index in [2.05, 4.69) is 5.32 Å². The standard InChI is InChI=1S/C15H25N3O3/c1-15(2)9-10(15)13(19)18-11(14(20)21)7-5-3-4-6-8-12(16)17/h7,10H,3-6,8-9H2,1-2H3,(H3,16,17)(H,18,19)(H,20,21). The van der Waals surface area contributed by atoms with Gasteiger partial charge in [-0.3, -0.25) is 10.2 Å². The molecule has 21 heavy (non-hydrogen) atoms. The molecule has 0 aliphatic heterocycles. The van der Waals surface area contributed by atoms with Gasteiger partial charge in [-0.05, 0) is 31.1 Å². The maximum atomic E-state index is 11.9. The third-order valence-corrected chi connectivity index (χ3v) is 3.82. The minimum atomic E-state index is -1.11. The maximum absolute atomic E-state index is 11.9. The quantitative estimate of drug-likeness (QED) is 0.225. The second kappa shape index (κ2) is 7.24. The van der Waals surface area contributed by atoms with Crippen LogP contribution >= 0.6 is 0 Å². The molecule has 6 heteroatoms. The molecule has 0 heterocycles. The summed E-state index contributed by atoms with van der Waals surface area (Å²) in [5.74, 6) is -1.22. The number of rotatable bonds is 9. The number of hydrogen-bond acceptors (Lipinski definition) is 3. The first-order valence-corrected chi connectivity index (χ1v) is 7.31. The number of nitrogens with one attached hydrogen (secondary N) is 2. The van der Waals surface area contributed by atoms with Gasteiger partial charge >= 0.3 is 5.97 Å². The van der Waals surface area contributed by atoms with E-state index in [1.165, 1.54) is 0 Å². The molecular weight excluding hydrogens is 270 g/mol. The number of carbonyl (C=O) groups excluding carboxylic acids is 1. The molecule has 1 rings (SSSR count). The fourth-order valence-corrected chi connectivity index (χ4v) is 2.21. The number of carboxylic acids is 1. The molecule has 1 unspecified atom stereocenters. The van der Waals surface area contributed by atoms with Gasteiger partial charge in [-0.2, -0.15) is 0 Å². The van der Waals surface area contributed by atoms with Crippen LogP contribution in [-0.4, -0.2) is 22.8 Å². The lowest BCUT2D eigenvalue weighted by Gasteiger charge is -2.07. The van der Waals surface area contributed by atoms with Crippen LogP contribution in [0.2, 0.25) is 0 Å². The van der Waals surface area contributed by atoms with E-state index in [-0.39, 0.29) is 28.8 Å². The van der Waals surface area contributed by atoms with Gasteiger partial charge in [-0.25, -0.2) is 4.79 Å². The van der Waals surface area contributed by atoms with Gasteiger partial charge in [-0.15, -0.1) is 0 Å². The average molecular weight is 295 g/mol. The van der Waals surface area contributed by atoms with Gasteiger partial charge in [0, 0.05) is 12.3 Å². The number of aliphatic carboxylic acids is 1. The molecule has 1 aliphatic carbocycles. The smallest absolute Gasteiger partial charge is 0.352 e. The second-order valence-corrected chi connectivity index (χ2v) is 6.28. The molecular formula is C15H25N3O3. The van der Waals surface area contributed by atoms with Crippen molar-refractivity contribution in [1.29, 1.82) is 5.41 Å². The predicted octanol–water partition coefficient (Wildman–Crippen LogP) is 2.00. The Bertz CT molecular complexity index is 455. The maximum Gasteiger partial charge on any atom is 0.352 e. The minimum absolute atomic E-state index is 0.0135. The zero-order chi connectivity index (χ0) is 16.0. The number of unbranched alkanes of at least 4 members (excludes halogenated alkanes) is 3. The van der Waals surface area contributed by atoms with Crippen LogP contribution < -0.4 is 11.1 Å². The molecule has 0 radical (unpaired) electrons. The lowest BCUT2D eigenvalue weighted by Crippen LogP contribution is -2.29. The van der Waals surface area contributed by atoms with Crippen molar-refractivity contribution in [1.82, 2.24) is 5.32 Å². The first-order valence-electron chi connectivity index (χ1n) is 7.31. The zero-order valence-electron chi connectivity index (χ0n) is 12.7. The van der Waals surface area contributed by atoms with Crippen LogP contribution in [0.5, 0.6) is 0 Å². The van der Waals surface area contributed by atoms with Crippen molar-refractivity contribution >= 4 is 17.7 Å². The molecule has 0 aromatic carbocycles. The number of amidine groups is 1. The minimum Gasteiger partial charge on any atom is -0.477 e. The summed E-state index contributed by atoms with van der Waals surface area (Å²) in [6.45, 7) is 3.99. The largest absolute Gasteiger partial charge is 0.477 e. The summed E-state index contributed by atoms with van der Waals surface area (Å²) >= 11 is 0. The van der Waals surface area contributed by atoms with Gasteiger partial charge in [0.15, 0.2) is 0 Å². The molecule has 0 spiro atoms. The lowest BCUT2D eigenvalue weighted by molar-refractivity contribution is -0.135. The van der Waals surface area contributed by atoms with Gasteiger partial charge < -0.3 is 16.2 Å². The Morgan fingerprint density at radius 3 is 2.48 bits per heavy atom. The Hall–Kier alpha value is -1.85. The van der Waals surface area contributed by atoms with E-state index in [4.69, 9.17) is 16.2 Å². The molecule has 1 amide bonds. The molecule has 1 fully saturated rings. The van der Waals surface area contributed by atoms with Crippen molar-refractivity contribution in [3.8, 4) is 0 Å². The number of amides is 1. The summed E-state index contributed by atoms with van der Waals surface area (Å²) in [5, 5.41) is 18.7. The van der Waals surface area contributed by atoms with Crippen molar-refractivity contribution in [3.05, 3.63) is 11.8 Å². The van der Waals surface area contributed by atoms with Crippen LogP contribution in [0, 0.1) is 16.7 Å². The summed E-state index contributed by atoms with van der Waals surface area (Å²) in [5.41, 5.74) is 5.21. The number of nitrogens with two attached hydrogens (primary N) is 1. The van der Waals surface area contributed by atoms with Crippen LogP contribution in [0.4, 0.5) is 0 Å². The molecule has 0 aromatic heterocycles. The topological polar surface area (TPSA) is 116 Å². The highest BCUT2D eigenvalue weighted by atomic mass is 16.4. The summed E-state index contributed by atoms with van der Waals surface area (Å²) in [6.07, 6.45) is 6.05. The predicted molar refractivity (Wildman–Crippen MR) is 80.7 cm³/mol. The Morgan fingerprint density at radius 1 is 1.38 bits per heavy atom. The molecule has 118 valence electrons. The number of carboxylic acid groups (broad SMARTS) is 1. The van der Waals surface area contributed by atoms with Gasteiger partial charge in [0.25, 0.3) is 0 Å². The normalized spacial score (nSPS) is 19.9. The Morgan fingerprint density at radius 2 is 2.00 bits per heavy atom. The Balaban J connectivity index is 2.35. The van der Waals surface area contributed by atoms with Crippen LogP contribution in [-0.2, 0) is 9.59 Å². The van der Waals surface area contributed by atoms with E-state index in [0.717, 1.165) is 25.7 Å². The third kappa shape index (κ3) is 5.97. The SMILES string of the molecule is CC1(C)CC1C(=O)NC(=CCCCCCC(=N)N)C(=O)O. The highest BCUT2D eigenvalue weighted by molar-refractivity contribution is 5.94. The number of carbonyl (C=O) groups is 2. The van der Waals surface area contributed by atoms with E-state index in [1.807, 2.05) is 13.8 Å². The van der Waals surface area contributed by atoms with Gasteiger partial charge in [0.1, 0.15) is 5.70 Å². The average Bonchev–Trinajstić information content (AvgIpc) is 3.00. The van der Waals surface area contributed by atoms with Gasteiger partial charge in [0.2, 0.25) is 5.91 Å². The fraction of sp³-hybridized carbons (Fsp3) is 0.667. The van der Waals surface area contributed by atoms with Crippen molar-refractivity contribution in [3.63, 3.8) is 0 Å². The van der Waals surface area contributed by atoms with Crippen LogP contribution in [0.25, 0.3) is 0 Å². The molecule has 0 bridgehead atoms. The monoisotopic (exact) mass is 295 g/mol. The summed E-state index contributed by atoms with van der Waals surface area (Å²) < 4.78 is 0. The molecule has 1 atom stereocenters. The van der Waals surface area contributed by atoms with Crippen molar-refractivity contribution in [2.45, 2.75) is 52.4 Å². The van der Waals surface area contributed by atoms with E-state index in [9.17, 15) is 9.59 Å². The van der Waals surface area contributed by atoms with E-state index >= 15 is 0 Å². The molecule has 1 saturated carbocycles. The molecule has 1 aliphatic rings. The number of allylic oxidation sites excluding steroid dienone is 1. The van der Waals surface area contributed by atoms with Gasteiger partial charge in [-0.1, -0.05) is 26.3 Å². The summed E-state index contributed by atoms with van der Waals surface area (Å²) in [4.78, 5) is 23.0. The van der Waals surface area contributed by atoms with Crippen molar-refractivity contribution in [2.24, 2.45) is 17.1 Å². The third-order valence-electron chi connectivity index (χ3n) is 3.82. The first-order chi connectivity index (χ1) is 9.74. The second-order valence-electron chi connectivity index (χ2n) is 6.28. The van der Waals surface area contributed by atoms with Crippen molar-refractivity contribution in [2.75, 3.05) is 0 Å². The first kappa shape index (κ1) is 17.2. The van der Waals surface area contributed by atoms with Crippen LogP contribution in [0.3, 0.4) is 0 Å². The Labute approximate surface area is 125 Å². The van der Waals surface area contributed by atoms with E-state index in [1.54, 1.807) is 6.08 Å². The molecule has 0 saturated heterocycles. The highest BCUT2D eigenvalue weighted by Crippen LogP contribution is 2.51. The van der Waals surface area contributed by atoms with Crippen LogP contribution in [0.1, 0.15) is 52.4 Å². The fourth-order valence-electron chi connectivity index (χ4n) is 2.21. The van der Waals surface area contributed by atoms with Crippen LogP contribution in [0.15, 0.2) is 11.8 Å². The van der Waals surface area contributed by atoms with E-state index in [0.29, 0.717) is 12.8 Å². The van der Waals surface area contributed by atoms with Crippen molar-refractivity contribution < 1.29 is 14.7 Å². The lowest BCUT2D eigenvalue weighted by atomic mass is 10.1. The summed E-state index contributed by atoms with van der Waals surface area (Å²) in [6, 6.07) is 0. The molecule has 6 nitrogen and oxygen atoms in total. The van der Waals surface area contributed by atoms with Gasteiger partial charge in [0.05, 0.1) is 5.84 Å².